The van der Waals surface area contributed by atoms with Gasteiger partial charge in [-0.05, 0) is 23.6 Å². The molecule has 3 rings (SSSR count). The van der Waals surface area contributed by atoms with Gasteiger partial charge in [-0.25, -0.2) is 4.72 Å². The minimum absolute atomic E-state index is 0.0155. The fourth-order valence-corrected chi connectivity index (χ4v) is 4.39. The number of rotatable bonds is 7. The van der Waals surface area contributed by atoms with E-state index in [-0.39, 0.29) is 49.6 Å². The van der Waals surface area contributed by atoms with E-state index in [2.05, 4.69) is 10.3 Å². The molecule has 14 heteroatoms. The van der Waals surface area contributed by atoms with Gasteiger partial charge in [-0.1, -0.05) is 19.9 Å². The number of oxazole rings is 1. The van der Waals surface area contributed by atoms with E-state index < -0.39 is 34.0 Å². The fourth-order valence-electron chi connectivity index (χ4n) is 3.24. The van der Waals surface area contributed by atoms with E-state index in [9.17, 15) is 26.4 Å². The maximum absolute atomic E-state index is 13.1. The molecule has 2 N–H and O–H groups in total. The number of nitrogens with one attached hydrogen (secondary N) is 2. The highest BCUT2D eigenvalue weighted by Crippen LogP contribution is 2.35. The molecule has 1 aromatic heterocycles. The van der Waals surface area contributed by atoms with Crippen molar-refractivity contribution in [2.24, 2.45) is 0 Å². The number of amides is 1. The summed E-state index contributed by atoms with van der Waals surface area (Å²) in [5, 5.41) is 2.64. The summed E-state index contributed by atoms with van der Waals surface area (Å²) in [6.45, 7) is 3.94. The molecule has 1 aliphatic heterocycles. The van der Waals surface area contributed by atoms with Crippen LogP contribution in [0.15, 0.2) is 28.9 Å². The number of methoxy groups -OCH3 is 1. The number of ether oxygens (including phenoxy) is 2. The third-order valence-electron chi connectivity index (χ3n) is 5.07. The first kappa shape index (κ1) is 25.9. The zero-order valence-corrected chi connectivity index (χ0v) is 19.5. The Balaban J connectivity index is 1.76. The summed E-state index contributed by atoms with van der Waals surface area (Å²) in [6, 6.07) is 2.96. The first-order chi connectivity index (χ1) is 15.9. The van der Waals surface area contributed by atoms with Crippen LogP contribution in [0.5, 0.6) is 0 Å². The predicted octanol–water partition coefficient (Wildman–Crippen LogP) is 2.88. The summed E-state index contributed by atoms with van der Waals surface area (Å²) in [7, 11) is -2.82. The molecule has 188 valence electrons. The molecule has 2 heterocycles. The average Bonchev–Trinajstić information content (AvgIpc) is 3.07. The van der Waals surface area contributed by atoms with Crippen LogP contribution in [0.2, 0.25) is 0 Å². The fraction of sp³-hybridized carbons (Fsp3) is 0.500. The average molecular weight is 507 g/mol. The van der Waals surface area contributed by atoms with E-state index in [4.69, 9.17) is 13.9 Å². The van der Waals surface area contributed by atoms with Crippen molar-refractivity contribution >= 4 is 27.8 Å². The Morgan fingerprint density at radius 2 is 2.06 bits per heavy atom. The van der Waals surface area contributed by atoms with Gasteiger partial charge in [-0.15, -0.1) is 0 Å². The molecule has 2 aromatic rings. The number of alkyl halides is 3. The van der Waals surface area contributed by atoms with Gasteiger partial charge in [-0.3, -0.25) is 4.79 Å². The molecule has 1 unspecified atom stereocenters. The number of aromatic nitrogens is 1. The van der Waals surface area contributed by atoms with Crippen LogP contribution < -0.4 is 10.0 Å². The smallest absolute Gasteiger partial charge is 0.416 e. The zero-order chi connectivity index (χ0) is 25.1. The molecule has 0 bridgehead atoms. The van der Waals surface area contributed by atoms with E-state index in [1.165, 1.54) is 13.2 Å². The van der Waals surface area contributed by atoms with Crippen molar-refractivity contribution in [2.45, 2.75) is 32.0 Å². The lowest BCUT2D eigenvalue weighted by Gasteiger charge is -2.22. The molecule has 0 spiro atoms. The van der Waals surface area contributed by atoms with Gasteiger partial charge in [0.25, 0.3) is 11.9 Å². The number of nitrogens with zero attached hydrogens (tertiary/aromatic N) is 2. The molecule has 1 atom stereocenters. The first-order valence-electron chi connectivity index (χ1n) is 10.3. The van der Waals surface area contributed by atoms with Crippen molar-refractivity contribution in [1.82, 2.24) is 14.0 Å². The Kier molecular flexibility index (Phi) is 7.85. The van der Waals surface area contributed by atoms with Gasteiger partial charge in [0.05, 0.1) is 24.9 Å². The topological polar surface area (TPSA) is 123 Å². The monoisotopic (exact) mass is 506 g/mol. The number of hydrogen-bond donors (Lipinski definition) is 2. The van der Waals surface area contributed by atoms with Crippen LogP contribution in [0, 0.1) is 0 Å². The second kappa shape index (κ2) is 10.3. The summed E-state index contributed by atoms with van der Waals surface area (Å²) in [4.78, 5) is 16.4. The van der Waals surface area contributed by atoms with Crippen molar-refractivity contribution in [3.63, 3.8) is 0 Å². The quantitative estimate of drug-likeness (QED) is 0.588. The summed E-state index contributed by atoms with van der Waals surface area (Å²) < 4.78 is 83.2. The molecule has 1 saturated heterocycles. The summed E-state index contributed by atoms with van der Waals surface area (Å²) >= 11 is 0. The van der Waals surface area contributed by atoms with Crippen LogP contribution in [0.3, 0.4) is 0 Å². The third kappa shape index (κ3) is 6.25. The number of anilines is 2. The molecule has 1 amide bonds. The van der Waals surface area contributed by atoms with Gasteiger partial charge in [-0.2, -0.15) is 30.9 Å². The molecule has 34 heavy (non-hydrogen) atoms. The lowest BCUT2D eigenvalue weighted by molar-refractivity contribution is -0.137. The van der Waals surface area contributed by atoms with E-state index in [0.29, 0.717) is 5.56 Å². The van der Waals surface area contributed by atoms with Gasteiger partial charge < -0.3 is 19.2 Å². The van der Waals surface area contributed by atoms with Gasteiger partial charge >= 0.3 is 16.4 Å². The van der Waals surface area contributed by atoms with Crippen LogP contribution in [0.4, 0.5) is 24.9 Å². The molecular weight excluding hydrogens is 481 g/mol. The normalized spacial score (nSPS) is 18.0. The molecule has 0 radical (unpaired) electrons. The van der Waals surface area contributed by atoms with Crippen molar-refractivity contribution in [1.29, 1.82) is 0 Å². The van der Waals surface area contributed by atoms with Gasteiger partial charge in [0.1, 0.15) is 6.26 Å². The van der Waals surface area contributed by atoms with Crippen LogP contribution in [0.25, 0.3) is 0 Å². The van der Waals surface area contributed by atoms with Gasteiger partial charge in [0.2, 0.25) is 0 Å². The minimum Gasteiger partial charge on any atom is -0.431 e. The van der Waals surface area contributed by atoms with Crippen LogP contribution in [-0.2, 0) is 25.9 Å². The third-order valence-corrected chi connectivity index (χ3v) is 6.53. The number of carbonyl (C=O) groups is 1. The van der Waals surface area contributed by atoms with E-state index in [1.54, 1.807) is 13.8 Å². The number of hydrogen-bond acceptors (Lipinski definition) is 8. The molecular formula is C20H25F3N4O6S. The summed E-state index contributed by atoms with van der Waals surface area (Å²) in [5.41, 5.74) is -0.582. The Morgan fingerprint density at radius 1 is 1.32 bits per heavy atom. The van der Waals surface area contributed by atoms with Crippen LogP contribution >= 0.6 is 0 Å². The molecule has 1 aliphatic rings. The zero-order valence-electron chi connectivity index (χ0n) is 18.7. The Bertz CT molecular complexity index is 1120. The van der Waals surface area contributed by atoms with Crippen molar-refractivity contribution in [3.8, 4) is 0 Å². The summed E-state index contributed by atoms with van der Waals surface area (Å²) in [5.74, 6) is -1.19. The van der Waals surface area contributed by atoms with Gasteiger partial charge in [0, 0.05) is 25.9 Å². The van der Waals surface area contributed by atoms with Crippen LogP contribution in [0.1, 0.15) is 41.4 Å². The van der Waals surface area contributed by atoms with Crippen molar-refractivity contribution in [3.05, 3.63) is 41.3 Å². The second-order valence-electron chi connectivity index (χ2n) is 7.84. The maximum atomic E-state index is 13.1. The highest BCUT2D eigenvalue weighted by atomic mass is 32.2. The molecule has 0 aliphatic carbocycles. The Morgan fingerprint density at radius 3 is 2.71 bits per heavy atom. The highest BCUT2D eigenvalue weighted by Gasteiger charge is 2.32. The predicted molar refractivity (Wildman–Crippen MR) is 115 cm³/mol. The van der Waals surface area contributed by atoms with E-state index >= 15 is 0 Å². The molecule has 1 aromatic carbocycles. The molecule has 1 fully saturated rings. The number of carbonyl (C=O) groups excluding carboxylic acids is 1. The number of halogens is 3. The lowest BCUT2D eigenvalue weighted by Crippen LogP contribution is -2.47. The Hall–Kier alpha value is -2.68. The Labute approximate surface area is 194 Å². The summed E-state index contributed by atoms with van der Waals surface area (Å²) in [6.07, 6.45) is -4.15. The first-order valence-corrected chi connectivity index (χ1v) is 11.7. The number of benzene rings is 1. The largest absolute Gasteiger partial charge is 0.431 e. The lowest BCUT2D eigenvalue weighted by atomic mass is 9.99. The standard InChI is InChI=1S/C20H25F3N4O6S/c1-12(2)15-5-4-13(20(21,22)23)8-16(15)24-19-25-17(11-33-19)18(28)26-34(29,30)27-6-7-32-10-14(9-27)31-3/h4-5,8,11-12,14H,6-7,9-10H2,1-3H3,(H,24,25)(H,26,28). The maximum Gasteiger partial charge on any atom is 0.416 e. The van der Waals surface area contributed by atoms with E-state index in [1.807, 2.05) is 4.72 Å². The van der Waals surface area contributed by atoms with E-state index in [0.717, 1.165) is 22.7 Å². The van der Waals surface area contributed by atoms with Crippen LogP contribution in [-0.4, -0.2) is 63.1 Å². The van der Waals surface area contributed by atoms with Gasteiger partial charge in [0.15, 0.2) is 5.69 Å². The second-order valence-corrected chi connectivity index (χ2v) is 9.51. The van der Waals surface area contributed by atoms with Crippen molar-refractivity contribution < 1.29 is 40.3 Å². The SMILES string of the molecule is COC1COCCN(S(=O)(=O)NC(=O)c2coc(Nc3cc(C(F)(F)F)ccc3C(C)C)n2)C1. The van der Waals surface area contributed by atoms with Crippen molar-refractivity contribution in [2.75, 3.05) is 38.7 Å². The molecule has 10 nitrogen and oxygen atoms in total. The highest BCUT2D eigenvalue weighted by molar-refractivity contribution is 7.87. The minimum atomic E-state index is -4.55. The molecule has 0 saturated carbocycles.